The zero-order valence-electron chi connectivity index (χ0n) is 14.7. The van der Waals surface area contributed by atoms with E-state index in [0.717, 1.165) is 15.6 Å². The molecule has 0 N–H and O–H groups in total. The Bertz CT molecular complexity index is 807. The van der Waals surface area contributed by atoms with Gasteiger partial charge < -0.3 is 14.6 Å². The van der Waals surface area contributed by atoms with Crippen molar-refractivity contribution in [2.24, 2.45) is 0 Å². The molecule has 0 radical (unpaired) electrons. The maximum absolute atomic E-state index is 12.6. The normalized spacial score (nSPS) is 20.8. The molecule has 1 fully saturated rings. The summed E-state index contributed by atoms with van der Waals surface area (Å²) >= 11 is 1.58. The van der Waals surface area contributed by atoms with Crippen LogP contribution in [0.3, 0.4) is 0 Å². The predicted molar refractivity (Wildman–Crippen MR) is 95.4 cm³/mol. The van der Waals surface area contributed by atoms with Crippen molar-refractivity contribution < 1.29 is 19.4 Å². The lowest BCUT2D eigenvalue weighted by Gasteiger charge is -2.40. The number of benzene rings is 1. The summed E-state index contributed by atoms with van der Waals surface area (Å²) in [5.74, 6) is -1.22. The number of nitrogens with zero attached hydrogens (tertiary/aromatic N) is 1. The first-order valence-corrected chi connectivity index (χ1v) is 9.28. The van der Waals surface area contributed by atoms with Crippen molar-refractivity contribution in [3.8, 4) is 0 Å². The van der Waals surface area contributed by atoms with E-state index in [-0.39, 0.29) is 6.42 Å². The van der Waals surface area contributed by atoms with Crippen LogP contribution >= 0.6 is 11.3 Å². The predicted octanol–water partition coefficient (Wildman–Crippen LogP) is 2.96. The molecule has 1 saturated heterocycles. The second-order valence-electron chi connectivity index (χ2n) is 7.49. The Hall–Kier alpha value is -2.08. The highest BCUT2D eigenvalue weighted by atomic mass is 32.1. The molecule has 0 spiro atoms. The van der Waals surface area contributed by atoms with Gasteiger partial charge in [-0.2, -0.15) is 0 Å². The number of aliphatic carboxylic acids is 1. The van der Waals surface area contributed by atoms with Crippen molar-refractivity contribution in [3.05, 3.63) is 35.2 Å². The summed E-state index contributed by atoms with van der Waals surface area (Å²) in [6, 6.07) is 7.89. The van der Waals surface area contributed by atoms with Crippen LogP contribution in [0.1, 0.15) is 39.2 Å². The quantitative estimate of drug-likeness (QED) is 0.844. The summed E-state index contributed by atoms with van der Waals surface area (Å²) in [4.78, 5) is 26.0. The SMILES string of the molecule is CC(C)(C)OC(=O)N1CCC[C@@]1(Cc1csc2ccccc12)C(=O)[O-]. The van der Waals surface area contributed by atoms with Gasteiger partial charge in [-0.15, -0.1) is 11.3 Å². The summed E-state index contributed by atoms with van der Waals surface area (Å²) in [5, 5.41) is 15.1. The highest BCUT2D eigenvalue weighted by Crippen LogP contribution is 2.37. The molecule has 1 aliphatic rings. The summed E-state index contributed by atoms with van der Waals surface area (Å²) in [6.07, 6.45) is 0.640. The van der Waals surface area contributed by atoms with Crippen molar-refractivity contribution in [1.82, 2.24) is 4.90 Å². The Morgan fingerprint density at radius 1 is 1.32 bits per heavy atom. The van der Waals surface area contributed by atoms with Gasteiger partial charge in [0.15, 0.2) is 0 Å². The van der Waals surface area contributed by atoms with Crippen LogP contribution in [0.5, 0.6) is 0 Å². The van der Waals surface area contributed by atoms with Gasteiger partial charge in [0.1, 0.15) is 5.60 Å². The lowest BCUT2D eigenvalue weighted by Crippen LogP contribution is -2.60. The number of amides is 1. The average Bonchev–Trinajstić information content (AvgIpc) is 3.11. The van der Waals surface area contributed by atoms with Crippen molar-refractivity contribution in [3.63, 3.8) is 0 Å². The Labute approximate surface area is 151 Å². The summed E-state index contributed by atoms with van der Waals surface area (Å²) in [7, 11) is 0. The van der Waals surface area contributed by atoms with Gasteiger partial charge in [-0.25, -0.2) is 4.79 Å². The number of carboxylic acids is 1. The standard InChI is InChI=1S/C19H23NO4S/c1-18(2,3)24-17(23)20-10-6-9-19(20,16(21)22)11-13-12-25-15-8-5-4-7-14(13)15/h4-5,7-8,12H,6,9-11H2,1-3H3,(H,21,22)/p-1/t19-/m1/s1. The van der Waals surface area contributed by atoms with E-state index in [0.29, 0.717) is 19.4 Å². The fourth-order valence-electron chi connectivity index (χ4n) is 3.41. The maximum atomic E-state index is 12.6. The van der Waals surface area contributed by atoms with Crippen LogP contribution in [-0.2, 0) is 16.0 Å². The molecule has 1 aliphatic heterocycles. The van der Waals surface area contributed by atoms with Crippen molar-refractivity contribution in [1.29, 1.82) is 0 Å². The zero-order chi connectivity index (χ0) is 18.2. The molecule has 134 valence electrons. The Kier molecular flexibility index (Phi) is 4.49. The van der Waals surface area contributed by atoms with Gasteiger partial charge in [-0.1, -0.05) is 18.2 Å². The molecule has 0 bridgehead atoms. The smallest absolute Gasteiger partial charge is 0.411 e. The Morgan fingerprint density at radius 3 is 2.72 bits per heavy atom. The van der Waals surface area contributed by atoms with Crippen LogP contribution < -0.4 is 5.11 Å². The van der Waals surface area contributed by atoms with E-state index in [1.165, 1.54) is 4.90 Å². The zero-order valence-corrected chi connectivity index (χ0v) is 15.5. The molecule has 1 aromatic carbocycles. The topological polar surface area (TPSA) is 69.7 Å². The fourth-order valence-corrected chi connectivity index (χ4v) is 4.38. The van der Waals surface area contributed by atoms with Gasteiger partial charge in [-0.3, -0.25) is 4.90 Å². The van der Waals surface area contributed by atoms with Crippen molar-refractivity contribution in [2.45, 2.75) is 51.2 Å². The molecule has 3 rings (SSSR count). The second kappa shape index (κ2) is 6.33. The lowest BCUT2D eigenvalue weighted by molar-refractivity contribution is -0.317. The minimum absolute atomic E-state index is 0.235. The van der Waals surface area contributed by atoms with E-state index in [1.807, 2.05) is 29.6 Å². The van der Waals surface area contributed by atoms with Gasteiger partial charge >= 0.3 is 6.09 Å². The number of fused-ring (bicyclic) bond motifs is 1. The van der Waals surface area contributed by atoms with Gasteiger partial charge in [0, 0.05) is 17.7 Å². The van der Waals surface area contributed by atoms with Gasteiger partial charge in [0.05, 0.1) is 11.5 Å². The van der Waals surface area contributed by atoms with E-state index in [9.17, 15) is 14.7 Å². The molecule has 6 heteroatoms. The van der Waals surface area contributed by atoms with E-state index in [4.69, 9.17) is 4.74 Å². The first-order chi connectivity index (χ1) is 11.7. The van der Waals surface area contributed by atoms with Crippen molar-refractivity contribution in [2.75, 3.05) is 6.54 Å². The largest absolute Gasteiger partial charge is 0.548 e. The molecule has 25 heavy (non-hydrogen) atoms. The number of hydrogen-bond donors (Lipinski definition) is 0. The van der Waals surface area contributed by atoms with Crippen LogP contribution in [0.2, 0.25) is 0 Å². The van der Waals surface area contributed by atoms with Crippen molar-refractivity contribution >= 4 is 33.5 Å². The van der Waals surface area contributed by atoms with Gasteiger partial charge in [0.25, 0.3) is 0 Å². The number of hydrogen-bond acceptors (Lipinski definition) is 5. The second-order valence-corrected chi connectivity index (χ2v) is 8.40. The number of carbonyl (C=O) groups is 2. The van der Waals surface area contributed by atoms with Crippen LogP contribution in [-0.4, -0.2) is 34.6 Å². The number of carboxylic acid groups (broad SMARTS) is 1. The number of thiophene rings is 1. The molecule has 1 amide bonds. The van der Waals surface area contributed by atoms with E-state index in [2.05, 4.69) is 0 Å². The Balaban J connectivity index is 1.95. The minimum atomic E-state index is -1.35. The molecule has 1 aromatic heterocycles. The molecule has 2 heterocycles. The van der Waals surface area contributed by atoms with Gasteiger partial charge in [0.2, 0.25) is 0 Å². The molecule has 5 nitrogen and oxygen atoms in total. The molecule has 1 atom stereocenters. The number of rotatable bonds is 3. The monoisotopic (exact) mass is 360 g/mol. The minimum Gasteiger partial charge on any atom is -0.548 e. The first kappa shape index (κ1) is 17.7. The highest BCUT2D eigenvalue weighted by Gasteiger charge is 2.47. The molecule has 0 saturated carbocycles. The number of ether oxygens (including phenoxy) is 1. The molecule has 2 aromatic rings. The van der Waals surface area contributed by atoms with E-state index >= 15 is 0 Å². The molecule has 0 aliphatic carbocycles. The molecular formula is C19H22NO4S-. The third-order valence-electron chi connectivity index (χ3n) is 4.53. The number of carbonyl (C=O) groups excluding carboxylic acids is 2. The highest BCUT2D eigenvalue weighted by molar-refractivity contribution is 7.17. The van der Waals surface area contributed by atoms with E-state index in [1.54, 1.807) is 32.1 Å². The molecular weight excluding hydrogens is 338 g/mol. The fraction of sp³-hybridized carbons (Fsp3) is 0.474. The average molecular weight is 360 g/mol. The van der Waals surface area contributed by atoms with E-state index < -0.39 is 23.2 Å². The maximum Gasteiger partial charge on any atom is 0.411 e. The van der Waals surface area contributed by atoms with Gasteiger partial charge in [-0.05, 0) is 56.0 Å². The lowest BCUT2D eigenvalue weighted by atomic mass is 9.88. The first-order valence-electron chi connectivity index (χ1n) is 8.40. The third-order valence-corrected chi connectivity index (χ3v) is 5.54. The summed E-state index contributed by atoms with van der Waals surface area (Å²) < 4.78 is 6.54. The van der Waals surface area contributed by atoms with Crippen LogP contribution in [0.25, 0.3) is 10.1 Å². The summed E-state index contributed by atoms with van der Waals surface area (Å²) in [6.45, 7) is 5.68. The molecule has 0 unspecified atom stereocenters. The Morgan fingerprint density at radius 2 is 2.04 bits per heavy atom. The number of likely N-dealkylation sites (tertiary alicyclic amines) is 1. The van der Waals surface area contributed by atoms with Crippen LogP contribution in [0.15, 0.2) is 29.6 Å². The third kappa shape index (κ3) is 3.35. The van der Waals surface area contributed by atoms with Crippen LogP contribution in [0.4, 0.5) is 4.79 Å². The van der Waals surface area contributed by atoms with Crippen LogP contribution in [0, 0.1) is 0 Å². The summed E-state index contributed by atoms with van der Waals surface area (Å²) in [5.41, 5.74) is -1.10.